The fraction of sp³-hybridized carbons (Fsp3) is 0.458. The largest absolute Gasteiger partial charge is 0.506 e. The first-order valence-corrected chi connectivity index (χ1v) is 12.6. The number of hydrogen-bond donors (Lipinski definition) is 2. The van der Waals surface area contributed by atoms with Gasteiger partial charge in [-0.1, -0.05) is 45.0 Å². The summed E-state index contributed by atoms with van der Waals surface area (Å²) >= 11 is 0. The molecule has 9 heteroatoms. The number of halogens is 1. The van der Waals surface area contributed by atoms with Crippen LogP contribution in [0.3, 0.4) is 0 Å². The number of nitrogens with one attached hydrogen (secondary N) is 1. The van der Waals surface area contributed by atoms with Crippen LogP contribution in [0.25, 0.3) is 0 Å². The number of benzene rings is 2. The lowest BCUT2D eigenvalue weighted by Crippen LogP contribution is -2.34. The van der Waals surface area contributed by atoms with Gasteiger partial charge in [-0.05, 0) is 54.0 Å². The molecule has 2 heterocycles. The highest BCUT2D eigenvalue weighted by atomic mass is 32.2. The minimum absolute atomic E-state index is 0.120. The van der Waals surface area contributed by atoms with Crippen molar-refractivity contribution >= 4 is 21.8 Å². The van der Waals surface area contributed by atoms with E-state index in [-0.39, 0.29) is 5.41 Å². The molecule has 2 N–H and O–H groups in total. The quantitative estimate of drug-likeness (QED) is 0.694. The van der Waals surface area contributed by atoms with E-state index in [4.69, 9.17) is 0 Å². The van der Waals surface area contributed by atoms with Gasteiger partial charge in [-0.25, -0.2) is 13.4 Å². The number of phenolic OH excluding ortho intramolecular Hbond substituents is 1. The predicted molar refractivity (Wildman–Crippen MR) is 125 cm³/mol. The van der Waals surface area contributed by atoms with Gasteiger partial charge in [0.05, 0.1) is 0 Å². The summed E-state index contributed by atoms with van der Waals surface area (Å²) < 4.78 is 42.1. The summed E-state index contributed by atoms with van der Waals surface area (Å²) in [4.78, 5) is 13.7. The van der Waals surface area contributed by atoms with Gasteiger partial charge in [0.2, 0.25) is 0 Å². The van der Waals surface area contributed by atoms with Crippen LogP contribution in [0.1, 0.15) is 49.4 Å². The van der Waals surface area contributed by atoms with Gasteiger partial charge in [-0.15, -0.1) is 0 Å². The number of carbonyl (C=O) groups excluding carboxylic acids is 1. The van der Waals surface area contributed by atoms with E-state index >= 15 is 4.39 Å². The van der Waals surface area contributed by atoms with Gasteiger partial charge < -0.3 is 5.11 Å². The van der Waals surface area contributed by atoms with Crippen molar-refractivity contribution in [2.45, 2.75) is 52.0 Å². The van der Waals surface area contributed by atoms with Crippen molar-refractivity contribution in [3.05, 3.63) is 58.4 Å². The van der Waals surface area contributed by atoms with Crippen molar-refractivity contribution in [2.75, 3.05) is 23.9 Å². The average molecular weight is 476 g/mol. The number of fused-ring (bicyclic) bond motifs is 1. The Morgan fingerprint density at radius 2 is 1.85 bits per heavy atom. The lowest BCUT2D eigenvalue weighted by molar-refractivity contribution is -0.117. The van der Waals surface area contributed by atoms with E-state index in [2.05, 4.69) is 49.9 Å². The fourth-order valence-electron chi connectivity index (χ4n) is 4.44. The molecule has 2 aliphatic rings. The lowest BCUT2D eigenvalue weighted by Gasteiger charge is -2.30. The van der Waals surface area contributed by atoms with Crippen molar-refractivity contribution in [3.63, 3.8) is 0 Å². The number of amides is 1. The molecule has 2 aromatic rings. The van der Waals surface area contributed by atoms with E-state index in [1.165, 1.54) is 17.2 Å². The zero-order valence-corrected chi connectivity index (χ0v) is 20.0. The molecule has 2 aliphatic heterocycles. The van der Waals surface area contributed by atoms with Crippen LogP contribution in [0, 0.1) is 5.82 Å². The van der Waals surface area contributed by atoms with Crippen molar-refractivity contribution in [3.8, 4) is 5.75 Å². The highest BCUT2D eigenvalue weighted by Gasteiger charge is 2.39. The second-order valence-corrected chi connectivity index (χ2v) is 11.4. The van der Waals surface area contributed by atoms with E-state index in [0.29, 0.717) is 28.4 Å². The molecule has 0 saturated carbocycles. The molecule has 4 rings (SSSR count). The van der Waals surface area contributed by atoms with Crippen molar-refractivity contribution in [1.82, 2.24) is 9.62 Å². The van der Waals surface area contributed by atoms with Gasteiger partial charge in [-0.3, -0.25) is 9.69 Å². The second-order valence-electron chi connectivity index (χ2n) is 9.81. The first-order valence-electron chi connectivity index (χ1n) is 11.1. The number of phenols is 1. The Morgan fingerprint density at radius 3 is 2.45 bits per heavy atom. The topological polar surface area (TPSA) is 89.9 Å². The molecule has 0 spiro atoms. The van der Waals surface area contributed by atoms with Crippen molar-refractivity contribution < 1.29 is 22.7 Å². The normalized spacial score (nSPS) is 18.3. The predicted octanol–water partition coefficient (Wildman–Crippen LogP) is 3.00. The van der Waals surface area contributed by atoms with Crippen LogP contribution < -0.4 is 9.03 Å². The maximum Gasteiger partial charge on any atom is 0.326 e. The molecule has 0 atom stereocenters. The highest BCUT2D eigenvalue weighted by Crippen LogP contribution is 2.39. The Labute approximate surface area is 194 Å². The molecule has 1 amide bonds. The van der Waals surface area contributed by atoms with Crippen LogP contribution in [0.5, 0.6) is 5.75 Å². The second kappa shape index (κ2) is 8.61. The summed E-state index contributed by atoms with van der Waals surface area (Å²) in [6.45, 7) is 7.85. The van der Waals surface area contributed by atoms with Gasteiger partial charge >= 0.3 is 10.2 Å². The summed E-state index contributed by atoms with van der Waals surface area (Å²) in [5, 5.41) is 10.3. The summed E-state index contributed by atoms with van der Waals surface area (Å²) in [5.74, 6) is -2.02. The van der Waals surface area contributed by atoms with Crippen molar-refractivity contribution in [2.24, 2.45) is 0 Å². The molecule has 0 radical (unpaired) electrons. The third kappa shape index (κ3) is 4.84. The molecule has 33 heavy (non-hydrogen) atoms. The highest BCUT2D eigenvalue weighted by molar-refractivity contribution is 7.92. The number of hydrogen-bond acceptors (Lipinski definition) is 5. The number of carbonyl (C=O) groups is 1. The Bertz CT molecular complexity index is 1170. The number of anilines is 1. The molecule has 2 aromatic carbocycles. The maximum absolute atomic E-state index is 15.4. The molecule has 7 nitrogen and oxygen atoms in total. The molecule has 0 aliphatic carbocycles. The van der Waals surface area contributed by atoms with E-state index in [0.717, 1.165) is 25.9 Å². The monoisotopic (exact) mass is 475 g/mol. The standard InChI is InChI=1S/C24H30FN3O4S/c1-24(2,3)18-8-6-16(7-9-18)5-4-11-27-12-10-17-13-20(29)23(22(25)19(17)14-27)28-15-21(30)26-33(28,31)32/h6-9,13,29H,4-5,10-12,14-15H2,1-3H3,(H,26,30). The van der Waals surface area contributed by atoms with E-state index in [1.807, 2.05) is 4.72 Å². The lowest BCUT2D eigenvalue weighted by atomic mass is 9.86. The molecule has 0 aromatic heterocycles. The Morgan fingerprint density at radius 1 is 1.15 bits per heavy atom. The number of nitrogens with zero attached hydrogens (tertiary/aromatic N) is 2. The molecule has 0 bridgehead atoms. The SMILES string of the molecule is CC(C)(C)c1ccc(CCCN2CCc3cc(O)c(N4CC(=O)NS4(=O)=O)c(F)c3C2)cc1. The van der Waals surface area contributed by atoms with Crippen LogP contribution in [-0.4, -0.2) is 44.0 Å². The zero-order chi connectivity index (χ0) is 24.0. The molecular formula is C24H30FN3O4S. The summed E-state index contributed by atoms with van der Waals surface area (Å²) in [5.41, 5.74) is 3.25. The van der Waals surface area contributed by atoms with E-state index < -0.39 is 39.9 Å². The molecular weight excluding hydrogens is 445 g/mol. The Hall–Kier alpha value is -2.65. The molecule has 1 saturated heterocycles. The smallest absolute Gasteiger partial charge is 0.326 e. The van der Waals surface area contributed by atoms with E-state index in [1.54, 1.807) is 0 Å². The first kappa shape index (κ1) is 23.5. The zero-order valence-electron chi connectivity index (χ0n) is 19.2. The third-order valence-corrected chi connectivity index (χ3v) is 7.70. The Balaban J connectivity index is 1.44. The van der Waals surface area contributed by atoms with E-state index in [9.17, 15) is 18.3 Å². The maximum atomic E-state index is 15.4. The van der Waals surface area contributed by atoms with Crippen LogP contribution >= 0.6 is 0 Å². The number of aromatic hydroxyl groups is 1. The summed E-state index contributed by atoms with van der Waals surface area (Å²) in [6.07, 6.45) is 2.39. The Kier molecular flexibility index (Phi) is 6.13. The average Bonchev–Trinajstić information content (AvgIpc) is 3.00. The number of aryl methyl sites for hydroxylation is 1. The van der Waals surface area contributed by atoms with Crippen LogP contribution in [0.2, 0.25) is 0 Å². The van der Waals surface area contributed by atoms with Gasteiger partial charge in [0.1, 0.15) is 18.0 Å². The van der Waals surface area contributed by atoms with Crippen LogP contribution in [0.4, 0.5) is 10.1 Å². The fourth-order valence-corrected chi connectivity index (χ4v) is 5.61. The molecule has 178 valence electrons. The minimum atomic E-state index is -4.21. The first-order chi connectivity index (χ1) is 15.5. The van der Waals surface area contributed by atoms with Crippen molar-refractivity contribution in [1.29, 1.82) is 0 Å². The van der Waals surface area contributed by atoms with Gasteiger partial charge in [-0.2, -0.15) is 8.42 Å². The van der Waals surface area contributed by atoms with Gasteiger partial charge in [0.15, 0.2) is 5.82 Å². The van der Waals surface area contributed by atoms with Gasteiger partial charge in [0, 0.05) is 18.7 Å². The van der Waals surface area contributed by atoms with Gasteiger partial charge in [0.25, 0.3) is 5.91 Å². The third-order valence-electron chi connectivity index (χ3n) is 6.32. The summed E-state index contributed by atoms with van der Waals surface area (Å²) in [7, 11) is -4.21. The number of rotatable bonds is 5. The molecule has 1 fully saturated rings. The summed E-state index contributed by atoms with van der Waals surface area (Å²) in [6, 6.07) is 10.1. The molecule has 0 unspecified atom stereocenters. The van der Waals surface area contributed by atoms with Crippen LogP contribution in [-0.2, 0) is 39.8 Å². The van der Waals surface area contributed by atoms with Crippen LogP contribution in [0.15, 0.2) is 30.3 Å². The minimum Gasteiger partial charge on any atom is -0.506 e.